The highest BCUT2D eigenvalue weighted by Gasteiger charge is 2.19. The molecule has 1 heterocycles. The van der Waals surface area contributed by atoms with E-state index in [2.05, 4.69) is 24.2 Å². The lowest BCUT2D eigenvalue weighted by atomic mass is 10.0. The largest absolute Gasteiger partial charge is 0.369 e. The highest BCUT2D eigenvalue weighted by atomic mass is 16.2. The average Bonchev–Trinajstić information content (AvgIpc) is 2.30. The van der Waals surface area contributed by atoms with E-state index in [0.717, 1.165) is 32.4 Å². The maximum Gasteiger partial charge on any atom is 0.324 e. The van der Waals surface area contributed by atoms with Crippen molar-refractivity contribution >= 4 is 12.0 Å². The Balaban J connectivity index is 2.40. The number of nitrogens with two attached hydrogens (primary N) is 1. The van der Waals surface area contributed by atoms with Crippen molar-refractivity contribution in [3.8, 4) is 0 Å². The van der Waals surface area contributed by atoms with Crippen molar-refractivity contribution in [1.82, 2.24) is 10.2 Å². The highest BCUT2D eigenvalue weighted by molar-refractivity contribution is 5.95. The van der Waals surface area contributed by atoms with Crippen molar-refractivity contribution in [3.63, 3.8) is 0 Å². The molecular weight excluding hydrogens is 204 g/mol. The van der Waals surface area contributed by atoms with E-state index in [0.29, 0.717) is 18.4 Å². The van der Waals surface area contributed by atoms with Gasteiger partial charge in [0.15, 0.2) is 5.96 Å². The Morgan fingerprint density at radius 3 is 2.81 bits per heavy atom. The second-order valence-corrected chi connectivity index (χ2v) is 4.11. The molecule has 0 aromatic carbocycles. The number of nitrogens with one attached hydrogen (secondary N) is 1. The predicted molar refractivity (Wildman–Crippen MR) is 65.3 cm³/mol. The van der Waals surface area contributed by atoms with Crippen LogP contribution in [0.25, 0.3) is 0 Å². The normalized spacial score (nSPS) is 16.2. The van der Waals surface area contributed by atoms with Crippen molar-refractivity contribution < 1.29 is 4.79 Å². The summed E-state index contributed by atoms with van der Waals surface area (Å²) in [5.74, 6) is 0.889. The molecule has 2 amide bonds. The number of carbonyl (C=O) groups excluding carboxylic acids is 1. The summed E-state index contributed by atoms with van der Waals surface area (Å²) in [6.07, 6.45) is 3.06. The molecular formula is C11H22N4O. The van der Waals surface area contributed by atoms with Gasteiger partial charge in [0.1, 0.15) is 0 Å². The van der Waals surface area contributed by atoms with Crippen molar-refractivity contribution in [1.29, 1.82) is 0 Å². The van der Waals surface area contributed by atoms with Crippen LogP contribution < -0.4 is 11.1 Å². The van der Waals surface area contributed by atoms with Gasteiger partial charge in [0.2, 0.25) is 0 Å². The standard InChI is InChI=1S/C11H22N4O/c1-3-9(4-2)8-14-11(16)15-7-5-6-13-10(15)12/h9H,3-8H2,1-2H3,(H2,12,13)(H,14,16). The number of hydrogen-bond acceptors (Lipinski definition) is 3. The lowest BCUT2D eigenvalue weighted by molar-refractivity contribution is 0.216. The molecule has 0 spiro atoms. The fourth-order valence-electron chi connectivity index (χ4n) is 1.73. The molecule has 0 aliphatic carbocycles. The van der Waals surface area contributed by atoms with Crippen LogP contribution in [0.1, 0.15) is 33.1 Å². The molecule has 1 rings (SSSR count). The highest BCUT2D eigenvalue weighted by Crippen LogP contribution is 2.06. The third kappa shape index (κ3) is 3.40. The van der Waals surface area contributed by atoms with Crippen LogP contribution in [0.2, 0.25) is 0 Å². The molecule has 1 aliphatic rings. The van der Waals surface area contributed by atoms with E-state index >= 15 is 0 Å². The molecule has 3 N–H and O–H groups in total. The average molecular weight is 226 g/mol. The Labute approximate surface area is 97.1 Å². The van der Waals surface area contributed by atoms with E-state index in [-0.39, 0.29) is 6.03 Å². The third-order valence-electron chi connectivity index (χ3n) is 3.03. The third-order valence-corrected chi connectivity index (χ3v) is 3.03. The van der Waals surface area contributed by atoms with Crippen LogP contribution in [0.15, 0.2) is 4.99 Å². The van der Waals surface area contributed by atoms with Crippen LogP contribution in [0, 0.1) is 5.92 Å². The minimum atomic E-state index is -0.118. The SMILES string of the molecule is CCC(CC)CNC(=O)N1CCCN=C1N. The zero-order valence-corrected chi connectivity index (χ0v) is 10.2. The van der Waals surface area contributed by atoms with E-state index in [1.54, 1.807) is 0 Å². The Hall–Kier alpha value is -1.26. The van der Waals surface area contributed by atoms with Crippen molar-refractivity contribution in [3.05, 3.63) is 0 Å². The summed E-state index contributed by atoms with van der Waals surface area (Å²) in [6.45, 7) is 6.38. The van der Waals surface area contributed by atoms with E-state index in [1.807, 2.05) is 0 Å². The van der Waals surface area contributed by atoms with Gasteiger partial charge in [-0.05, 0) is 12.3 Å². The van der Waals surface area contributed by atoms with Crippen LogP contribution in [0.4, 0.5) is 4.79 Å². The van der Waals surface area contributed by atoms with Gasteiger partial charge in [0, 0.05) is 19.6 Å². The van der Waals surface area contributed by atoms with Gasteiger partial charge in [0.25, 0.3) is 0 Å². The molecule has 1 aliphatic heterocycles. The van der Waals surface area contributed by atoms with Crippen molar-refractivity contribution in [2.24, 2.45) is 16.6 Å². The Kier molecular flexibility index (Phi) is 5.08. The second-order valence-electron chi connectivity index (χ2n) is 4.11. The number of guanidine groups is 1. The zero-order valence-electron chi connectivity index (χ0n) is 10.2. The van der Waals surface area contributed by atoms with Crippen molar-refractivity contribution in [2.75, 3.05) is 19.6 Å². The van der Waals surface area contributed by atoms with Gasteiger partial charge in [-0.3, -0.25) is 9.89 Å². The molecule has 0 aromatic heterocycles. The monoisotopic (exact) mass is 226 g/mol. The molecule has 0 unspecified atom stereocenters. The molecule has 92 valence electrons. The quantitative estimate of drug-likeness (QED) is 0.755. The van der Waals surface area contributed by atoms with Gasteiger partial charge in [0.05, 0.1) is 0 Å². The Morgan fingerprint density at radius 1 is 1.56 bits per heavy atom. The number of hydrogen-bond donors (Lipinski definition) is 2. The second kappa shape index (κ2) is 6.35. The smallest absolute Gasteiger partial charge is 0.324 e. The first-order chi connectivity index (χ1) is 7.69. The summed E-state index contributed by atoms with van der Waals surface area (Å²) in [6, 6.07) is -0.118. The fraction of sp³-hybridized carbons (Fsp3) is 0.818. The molecule has 5 heteroatoms. The lowest BCUT2D eigenvalue weighted by Crippen LogP contribution is -2.50. The van der Waals surface area contributed by atoms with E-state index in [1.165, 1.54) is 4.90 Å². The number of aliphatic imine (C=N–C) groups is 1. The molecule has 0 atom stereocenters. The number of rotatable bonds is 4. The molecule has 0 fully saturated rings. The fourth-order valence-corrected chi connectivity index (χ4v) is 1.73. The molecule has 0 aromatic rings. The minimum absolute atomic E-state index is 0.118. The van der Waals surface area contributed by atoms with Gasteiger partial charge in [-0.15, -0.1) is 0 Å². The molecule has 5 nitrogen and oxygen atoms in total. The number of nitrogens with zero attached hydrogens (tertiary/aromatic N) is 2. The first-order valence-electron chi connectivity index (χ1n) is 6.04. The zero-order chi connectivity index (χ0) is 12.0. The van der Waals surface area contributed by atoms with E-state index < -0.39 is 0 Å². The first-order valence-corrected chi connectivity index (χ1v) is 6.04. The van der Waals surface area contributed by atoms with Crippen LogP contribution >= 0.6 is 0 Å². The van der Waals surface area contributed by atoms with E-state index in [4.69, 9.17) is 5.73 Å². The molecule has 0 radical (unpaired) electrons. The Bertz CT molecular complexity index is 261. The number of urea groups is 1. The van der Waals surface area contributed by atoms with Gasteiger partial charge in [-0.25, -0.2) is 4.79 Å². The summed E-state index contributed by atoms with van der Waals surface area (Å²) in [5, 5.41) is 2.91. The number of amides is 2. The summed E-state index contributed by atoms with van der Waals surface area (Å²) in [4.78, 5) is 17.4. The maximum absolute atomic E-state index is 11.8. The van der Waals surface area contributed by atoms with Crippen LogP contribution in [-0.4, -0.2) is 36.5 Å². The predicted octanol–water partition coefficient (Wildman–Crippen LogP) is 1.15. The van der Waals surface area contributed by atoms with Crippen LogP contribution in [0.3, 0.4) is 0 Å². The molecule has 0 saturated heterocycles. The maximum atomic E-state index is 11.8. The van der Waals surface area contributed by atoms with Crippen molar-refractivity contribution in [2.45, 2.75) is 33.1 Å². The van der Waals surface area contributed by atoms with Gasteiger partial charge >= 0.3 is 6.03 Å². The van der Waals surface area contributed by atoms with E-state index in [9.17, 15) is 4.79 Å². The van der Waals surface area contributed by atoms with Gasteiger partial charge in [-0.1, -0.05) is 26.7 Å². The lowest BCUT2D eigenvalue weighted by Gasteiger charge is -2.25. The van der Waals surface area contributed by atoms with Gasteiger partial charge < -0.3 is 11.1 Å². The summed E-state index contributed by atoms with van der Waals surface area (Å²) >= 11 is 0. The minimum Gasteiger partial charge on any atom is -0.369 e. The molecule has 0 bridgehead atoms. The summed E-state index contributed by atoms with van der Waals surface area (Å²) in [7, 11) is 0. The summed E-state index contributed by atoms with van der Waals surface area (Å²) < 4.78 is 0. The summed E-state index contributed by atoms with van der Waals surface area (Å²) in [5.41, 5.74) is 5.67. The molecule has 16 heavy (non-hydrogen) atoms. The van der Waals surface area contributed by atoms with Crippen LogP contribution in [0.5, 0.6) is 0 Å². The Morgan fingerprint density at radius 2 is 2.25 bits per heavy atom. The number of carbonyl (C=O) groups is 1. The van der Waals surface area contributed by atoms with Crippen LogP contribution in [-0.2, 0) is 0 Å². The topological polar surface area (TPSA) is 70.7 Å². The first kappa shape index (κ1) is 12.8. The van der Waals surface area contributed by atoms with Gasteiger partial charge in [-0.2, -0.15) is 0 Å². The molecule has 0 saturated carbocycles.